The Balaban J connectivity index is 1.82. The number of aromatic nitrogens is 1. The van der Waals surface area contributed by atoms with Gasteiger partial charge in [0, 0.05) is 23.0 Å². The Morgan fingerprint density at radius 1 is 1.38 bits per heavy atom. The Kier molecular flexibility index (Phi) is 4.99. The topological polar surface area (TPSA) is 89.0 Å². The molecule has 0 bridgehead atoms. The molecule has 1 unspecified atom stereocenters. The molecule has 1 aromatic carbocycles. The molecule has 0 saturated carbocycles. The number of nitrogens with zero attached hydrogens (tertiary/aromatic N) is 2. The Hall–Kier alpha value is -2.80. The monoisotopic (exact) mass is 376 g/mol. The van der Waals surface area contributed by atoms with Gasteiger partial charge in [0.25, 0.3) is 0 Å². The lowest BCUT2D eigenvalue weighted by molar-refractivity contribution is -0.141. The molecule has 3 rings (SSSR count). The summed E-state index contributed by atoms with van der Waals surface area (Å²) in [6, 6.07) is 5.91. The molecule has 1 fully saturated rings. The predicted octanol–water partition coefficient (Wildman–Crippen LogP) is 3.46. The number of carbonyl (C=O) groups is 2. The summed E-state index contributed by atoms with van der Waals surface area (Å²) < 4.78 is 10.9. The number of aliphatic carboxylic acids is 1. The molecular formula is C18H17ClN2O5. The number of halogens is 1. The van der Waals surface area contributed by atoms with E-state index in [1.54, 1.807) is 30.5 Å². The van der Waals surface area contributed by atoms with Crippen molar-refractivity contribution in [1.82, 2.24) is 9.88 Å². The molecule has 0 radical (unpaired) electrons. The maximum Gasteiger partial charge on any atom is 0.415 e. The minimum absolute atomic E-state index is 0.0977. The molecule has 1 saturated heterocycles. The first-order valence-electron chi connectivity index (χ1n) is 7.93. The quantitative estimate of drug-likeness (QED) is 0.822. The van der Waals surface area contributed by atoms with E-state index in [-0.39, 0.29) is 18.7 Å². The maximum atomic E-state index is 12.1. The second-order valence-corrected chi connectivity index (χ2v) is 6.46. The zero-order valence-corrected chi connectivity index (χ0v) is 14.8. The zero-order chi connectivity index (χ0) is 18.8. The van der Waals surface area contributed by atoms with Crippen LogP contribution in [-0.4, -0.2) is 45.7 Å². The lowest BCUT2D eigenvalue weighted by atomic mass is 10.2. The fourth-order valence-corrected chi connectivity index (χ4v) is 3.07. The first-order valence-corrected chi connectivity index (χ1v) is 8.30. The van der Waals surface area contributed by atoms with Crippen LogP contribution < -0.4 is 4.74 Å². The number of carboxylic acid groups (broad SMARTS) is 1. The standard InChI is InChI=1S/C18H17ClN2O5/c1-10(2)25-18(24)21-9-12(8-15(21)17(22)23)26-16-5-6-20-14-7-11(19)3-4-13(14)16/h3-7,12,15H,1,8-9H2,2H3,(H,22,23)/t12?,15-/m0/s1. The van der Waals surface area contributed by atoms with Gasteiger partial charge < -0.3 is 14.6 Å². The molecule has 1 aromatic heterocycles. The minimum atomic E-state index is -1.11. The van der Waals surface area contributed by atoms with Crippen LogP contribution in [0.2, 0.25) is 5.02 Å². The maximum absolute atomic E-state index is 12.1. The molecule has 0 spiro atoms. The molecule has 0 aliphatic carbocycles. The van der Waals surface area contributed by atoms with Crippen LogP contribution in [0.1, 0.15) is 13.3 Å². The van der Waals surface area contributed by atoms with Crippen molar-refractivity contribution in [1.29, 1.82) is 0 Å². The molecular weight excluding hydrogens is 360 g/mol. The van der Waals surface area contributed by atoms with Gasteiger partial charge in [-0.1, -0.05) is 18.2 Å². The fraction of sp³-hybridized carbons (Fsp3) is 0.278. The van der Waals surface area contributed by atoms with Crippen LogP contribution in [0.3, 0.4) is 0 Å². The number of amides is 1. The zero-order valence-electron chi connectivity index (χ0n) is 14.0. The van der Waals surface area contributed by atoms with Crippen molar-refractivity contribution in [3.05, 3.63) is 47.8 Å². The third-order valence-corrected chi connectivity index (χ3v) is 4.24. The highest BCUT2D eigenvalue weighted by Crippen LogP contribution is 2.30. The number of carboxylic acids is 1. The van der Waals surface area contributed by atoms with E-state index in [9.17, 15) is 14.7 Å². The van der Waals surface area contributed by atoms with E-state index in [0.29, 0.717) is 16.3 Å². The van der Waals surface area contributed by atoms with Crippen molar-refractivity contribution in [2.45, 2.75) is 25.5 Å². The van der Waals surface area contributed by atoms with Crippen molar-refractivity contribution in [3.63, 3.8) is 0 Å². The Morgan fingerprint density at radius 2 is 2.15 bits per heavy atom. The van der Waals surface area contributed by atoms with Crippen LogP contribution in [0, 0.1) is 0 Å². The second kappa shape index (κ2) is 7.21. The summed E-state index contributed by atoms with van der Waals surface area (Å²) in [6.07, 6.45) is 0.500. The summed E-state index contributed by atoms with van der Waals surface area (Å²) >= 11 is 5.98. The number of ether oxygens (including phenoxy) is 2. The Bertz CT molecular complexity index is 885. The largest absolute Gasteiger partial charge is 0.488 e. The van der Waals surface area contributed by atoms with Gasteiger partial charge in [-0.25, -0.2) is 9.59 Å². The van der Waals surface area contributed by atoms with Crippen LogP contribution in [-0.2, 0) is 9.53 Å². The van der Waals surface area contributed by atoms with E-state index >= 15 is 0 Å². The molecule has 136 valence electrons. The first kappa shape index (κ1) is 18.0. The number of hydrogen-bond donors (Lipinski definition) is 1. The van der Waals surface area contributed by atoms with Gasteiger partial charge in [0.05, 0.1) is 17.8 Å². The molecule has 2 atom stereocenters. The average Bonchev–Trinajstić information content (AvgIpc) is 2.98. The van der Waals surface area contributed by atoms with E-state index < -0.39 is 24.2 Å². The van der Waals surface area contributed by atoms with Gasteiger partial charge in [-0.2, -0.15) is 0 Å². The van der Waals surface area contributed by atoms with Gasteiger partial charge in [-0.3, -0.25) is 9.88 Å². The van der Waals surface area contributed by atoms with Crippen LogP contribution in [0.15, 0.2) is 42.8 Å². The third-order valence-electron chi connectivity index (χ3n) is 4.00. The summed E-state index contributed by atoms with van der Waals surface area (Å²) in [6.45, 7) is 5.12. The SMILES string of the molecule is C=C(C)OC(=O)N1CC(Oc2ccnc3cc(Cl)ccc23)C[C@H]1C(=O)O. The summed E-state index contributed by atoms with van der Waals surface area (Å²) in [5, 5.41) is 10.7. The van der Waals surface area contributed by atoms with Gasteiger partial charge in [-0.15, -0.1) is 0 Å². The molecule has 1 N–H and O–H groups in total. The normalized spacial score (nSPS) is 19.4. The number of fused-ring (bicyclic) bond motifs is 1. The van der Waals surface area contributed by atoms with E-state index in [2.05, 4.69) is 11.6 Å². The Morgan fingerprint density at radius 3 is 2.85 bits per heavy atom. The molecule has 1 amide bonds. The van der Waals surface area contributed by atoms with E-state index in [4.69, 9.17) is 21.1 Å². The smallest absolute Gasteiger partial charge is 0.415 e. The summed E-state index contributed by atoms with van der Waals surface area (Å²) in [4.78, 5) is 29.0. The highest BCUT2D eigenvalue weighted by molar-refractivity contribution is 6.31. The van der Waals surface area contributed by atoms with Gasteiger partial charge in [0.2, 0.25) is 0 Å². The fourth-order valence-electron chi connectivity index (χ4n) is 2.90. The highest BCUT2D eigenvalue weighted by Gasteiger charge is 2.42. The van der Waals surface area contributed by atoms with Crippen molar-refractivity contribution in [2.75, 3.05) is 6.54 Å². The van der Waals surface area contributed by atoms with Gasteiger partial charge in [0.1, 0.15) is 17.9 Å². The molecule has 7 nitrogen and oxygen atoms in total. The summed E-state index contributed by atoms with van der Waals surface area (Å²) in [5.74, 6) is -0.363. The number of rotatable bonds is 4. The van der Waals surface area contributed by atoms with Crippen LogP contribution >= 0.6 is 11.6 Å². The first-order chi connectivity index (χ1) is 12.3. The van der Waals surface area contributed by atoms with E-state index in [1.807, 2.05) is 0 Å². The van der Waals surface area contributed by atoms with Gasteiger partial charge in [0.15, 0.2) is 0 Å². The van der Waals surface area contributed by atoms with E-state index in [1.165, 1.54) is 6.92 Å². The van der Waals surface area contributed by atoms with Crippen molar-refractivity contribution < 1.29 is 24.2 Å². The number of pyridine rings is 1. The lowest BCUT2D eigenvalue weighted by Gasteiger charge is -2.20. The van der Waals surface area contributed by atoms with E-state index in [0.717, 1.165) is 10.3 Å². The number of hydrogen-bond acceptors (Lipinski definition) is 5. The van der Waals surface area contributed by atoms with Gasteiger partial charge >= 0.3 is 12.1 Å². The summed E-state index contributed by atoms with van der Waals surface area (Å²) in [5.41, 5.74) is 0.668. The van der Waals surface area contributed by atoms with Crippen molar-refractivity contribution >= 4 is 34.6 Å². The van der Waals surface area contributed by atoms with Crippen LogP contribution in [0.4, 0.5) is 4.79 Å². The average molecular weight is 377 g/mol. The Labute approximate surface area is 154 Å². The van der Waals surface area contributed by atoms with Crippen LogP contribution in [0.5, 0.6) is 5.75 Å². The summed E-state index contributed by atoms with van der Waals surface area (Å²) in [7, 11) is 0. The lowest BCUT2D eigenvalue weighted by Crippen LogP contribution is -2.40. The number of allylic oxidation sites excluding steroid dienone is 1. The number of carbonyl (C=O) groups excluding carboxylic acids is 1. The predicted molar refractivity (Wildman–Crippen MR) is 95.2 cm³/mol. The van der Waals surface area contributed by atoms with Crippen LogP contribution in [0.25, 0.3) is 10.9 Å². The molecule has 8 heteroatoms. The molecule has 26 heavy (non-hydrogen) atoms. The molecule has 1 aliphatic heterocycles. The number of likely N-dealkylation sites (tertiary alicyclic amines) is 1. The molecule has 1 aliphatic rings. The van der Waals surface area contributed by atoms with Crippen molar-refractivity contribution in [2.24, 2.45) is 0 Å². The van der Waals surface area contributed by atoms with Crippen molar-refractivity contribution in [3.8, 4) is 5.75 Å². The molecule has 2 heterocycles. The van der Waals surface area contributed by atoms with Gasteiger partial charge in [-0.05, 0) is 31.2 Å². The second-order valence-electron chi connectivity index (χ2n) is 6.02. The third kappa shape index (κ3) is 3.72. The number of benzene rings is 1. The highest BCUT2D eigenvalue weighted by atomic mass is 35.5. The molecule has 2 aromatic rings. The minimum Gasteiger partial charge on any atom is -0.488 e.